The lowest BCUT2D eigenvalue weighted by Crippen LogP contribution is -2.49. The molecule has 0 spiro atoms. The molecule has 1 unspecified atom stereocenters. The van der Waals surface area contributed by atoms with Crippen molar-refractivity contribution in [3.63, 3.8) is 0 Å². The van der Waals surface area contributed by atoms with Crippen molar-refractivity contribution in [1.29, 1.82) is 0 Å². The molecule has 0 bridgehead atoms. The van der Waals surface area contributed by atoms with E-state index in [2.05, 4.69) is 5.32 Å². The molecule has 0 aliphatic heterocycles. The van der Waals surface area contributed by atoms with Gasteiger partial charge in [0.15, 0.2) is 0 Å². The Morgan fingerprint density at radius 1 is 0.900 bits per heavy atom. The summed E-state index contributed by atoms with van der Waals surface area (Å²) in [6.07, 6.45) is 1.72. The lowest BCUT2D eigenvalue weighted by Gasteiger charge is -2.31. The number of hydrogen-bond donors (Lipinski definition) is 1. The fourth-order valence-electron chi connectivity index (χ4n) is 4.51. The van der Waals surface area contributed by atoms with E-state index < -0.39 is 16.1 Å². The molecule has 3 rings (SSSR count). The molecule has 10 heteroatoms. The van der Waals surface area contributed by atoms with Gasteiger partial charge in [-0.05, 0) is 41.8 Å². The number of para-hydroxylation sites is 2. The number of rotatable bonds is 14. The van der Waals surface area contributed by atoms with Crippen molar-refractivity contribution in [2.75, 3.05) is 38.4 Å². The third-order valence-electron chi connectivity index (χ3n) is 6.51. The number of methoxy groups -OCH3 is 2. The summed E-state index contributed by atoms with van der Waals surface area (Å²) in [6, 6.07) is 22.9. The van der Waals surface area contributed by atoms with E-state index in [1.165, 1.54) is 11.4 Å². The summed E-state index contributed by atoms with van der Waals surface area (Å²) in [5.74, 6) is 0.513. The number of carbonyl (C=O) groups excluding carboxylic acids is 2. The highest BCUT2D eigenvalue weighted by molar-refractivity contribution is 7.92. The maximum atomic E-state index is 13.8. The smallest absolute Gasteiger partial charge is 0.242 e. The molecule has 0 radical (unpaired) electrons. The molecule has 214 valence electrons. The molecule has 2 amide bonds. The summed E-state index contributed by atoms with van der Waals surface area (Å²) in [5, 5.41) is 2.70. The summed E-state index contributed by atoms with van der Waals surface area (Å²) in [4.78, 5) is 28.4. The van der Waals surface area contributed by atoms with Gasteiger partial charge in [0, 0.05) is 33.0 Å². The number of ether oxygens (including phenoxy) is 2. The molecule has 3 aromatic rings. The Kier molecular flexibility index (Phi) is 11.0. The van der Waals surface area contributed by atoms with E-state index in [9.17, 15) is 18.0 Å². The van der Waals surface area contributed by atoms with Crippen LogP contribution in [0.5, 0.6) is 11.5 Å². The number of anilines is 1. The third kappa shape index (κ3) is 8.22. The number of carbonyl (C=O) groups is 2. The van der Waals surface area contributed by atoms with Gasteiger partial charge in [-0.1, -0.05) is 54.6 Å². The van der Waals surface area contributed by atoms with Crippen LogP contribution in [0.2, 0.25) is 0 Å². The van der Waals surface area contributed by atoms with Gasteiger partial charge in [-0.2, -0.15) is 0 Å². The molecule has 1 atom stereocenters. The van der Waals surface area contributed by atoms with Crippen LogP contribution in [0.15, 0.2) is 78.9 Å². The standard InChI is InChI=1S/C30H37N3O6S/c1-31-30(35)27(21-23-12-6-5-7-13-23)32(22-24-14-10-15-25(20-24)38-2)29(34)18-11-19-33(40(4,36)37)26-16-8-9-17-28(26)39-3/h5-10,12-17,20,27H,11,18-19,21-22H2,1-4H3,(H,31,35). The summed E-state index contributed by atoms with van der Waals surface area (Å²) >= 11 is 0. The molecule has 9 nitrogen and oxygen atoms in total. The Labute approximate surface area is 236 Å². The van der Waals surface area contributed by atoms with E-state index in [0.717, 1.165) is 17.4 Å². The van der Waals surface area contributed by atoms with Crippen molar-refractivity contribution >= 4 is 27.5 Å². The molecule has 1 N–H and O–H groups in total. The topological polar surface area (TPSA) is 105 Å². The normalized spacial score (nSPS) is 11.8. The number of sulfonamides is 1. The average molecular weight is 568 g/mol. The van der Waals surface area contributed by atoms with Crippen molar-refractivity contribution < 1.29 is 27.5 Å². The number of benzene rings is 3. The van der Waals surface area contributed by atoms with Gasteiger partial charge in [0.25, 0.3) is 0 Å². The molecule has 0 fully saturated rings. The van der Waals surface area contributed by atoms with Crippen molar-refractivity contribution in [2.24, 2.45) is 0 Å². The van der Waals surface area contributed by atoms with Crippen LogP contribution < -0.4 is 19.1 Å². The summed E-state index contributed by atoms with van der Waals surface area (Å²) in [6.45, 7) is 0.254. The molecular formula is C30H37N3O6S. The molecule has 0 aliphatic carbocycles. The highest BCUT2D eigenvalue weighted by atomic mass is 32.2. The largest absolute Gasteiger partial charge is 0.497 e. The van der Waals surface area contributed by atoms with Crippen molar-refractivity contribution in [2.45, 2.75) is 31.8 Å². The fourth-order valence-corrected chi connectivity index (χ4v) is 5.48. The first kappa shape index (κ1) is 30.5. The van der Waals surface area contributed by atoms with E-state index in [1.54, 1.807) is 43.3 Å². The minimum atomic E-state index is -3.65. The molecular weight excluding hydrogens is 530 g/mol. The number of hydrogen-bond acceptors (Lipinski definition) is 6. The predicted octanol–water partition coefficient (Wildman–Crippen LogP) is 3.64. The van der Waals surface area contributed by atoms with Crippen LogP contribution in [-0.2, 0) is 32.6 Å². The van der Waals surface area contributed by atoms with E-state index in [0.29, 0.717) is 23.6 Å². The second-order valence-corrected chi connectivity index (χ2v) is 11.2. The fraction of sp³-hybridized carbons (Fsp3) is 0.333. The highest BCUT2D eigenvalue weighted by Crippen LogP contribution is 2.30. The third-order valence-corrected chi connectivity index (χ3v) is 7.69. The van der Waals surface area contributed by atoms with Crippen LogP contribution in [0.3, 0.4) is 0 Å². The van der Waals surface area contributed by atoms with Crippen LogP contribution in [0.4, 0.5) is 5.69 Å². The average Bonchev–Trinajstić information content (AvgIpc) is 2.96. The van der Waals surface area contributed by atoms with Gasteiger partial charge in [0.05, 0.1) is 26.2 Å². The predicted molar refractivity (Wildman–Crippen MR) is 156 cm³/mol. The molecule has 0 heterocycles. The Bertz CT molecular complexity index is 1380. The molecule has 3 aromatic carbocycles. The lowest BCUT2D eigenvalue weighted by molar-refractivity contribution is -0.141. The minimum Gasteiger partial charge on any atom is -0.497 e. The molecule has 0 saturated carbocycles. The first-order valence-corrected chi connectivity index (χ1v) is 14.8. The van der Waals surface area contributed by atoms with Crippen LogP contribution >= 0.6 is 0 Å². The van der Waals surface area contributed by atoms with Crippen LogP contribution in [0.1, 0.15) is 24.0 Å². The SMILES string of the molecule is CNC(=O)C(Cc1ccccc1)N(Cc1cccc(OC)c1)C(=O)CCCN(c1ccccc1OC)S(C)(=O)=O. The van der Waals surface area contributed by atoms with Gasteiger partial charge >= 0.3 is 0 Å². The van der Waals surface area contributed by atoms with Gasteiger partial charge in [0.2, 0.25) is 21.8 Å². The quantitative estimate of drug-likeness (QED) is 0.319. The molecule has 0 aromatic heterocycles. The zero-order valence-corrected chi connectivity index (χ0v) is 24.2. The highest BCUT2D eigenvalue weighted by Gasteiger charge is 2.30. The summed E-state index contributed by atoms with van der Waals surface area (Å²) < 4.78 is 37.3. The van der Waals surface area contributed by atoms with E-state index in [-0.39, 0.29) is 37.7 Å². The van der Waals surface area contributed by atoms with Gasteiger partial charge in [-0.25, -0.2) is 8.42 Å². The second-order valence-electron chi connectivity index (χ2n) is 9.30. The summed E-state index contributed by atoms with van der Waals surface area (Å²) in [5.41, 5.74) is 2.13. The maximum absolute atomic E-state index is 13.8. The van der Waals surface area contributed by atoms with Crippen LogP contribution in [0.25, 0.3) is 0 Å². The Morgan fingerprint density at radius 2 is 1.57 bits per heavy atom. The van der Waals surface area contributed by atoms with E-state index in [4.69, 9.17) is 9.47 Å². The molecule has 40 heavy (non-hydrogen) atoms. The van der Waals surface area contributed by atoms with Crippen LogP contribution in [-0.4, -0.2) is 65.2 Å². The molecule has 0 aliphatic rings. The first-order chi connectivity index (χ1) is 19.2. The number of amides is 2. The maximum Gasteiger partial charge on any atom is 0.242 e. The minimum absolute atomic E-state index is 0.0351. The molecule has 0 saturated heterocycles. The van der Waals surface area contributed by atoms with Gasteiger partial charge < -0.3 is 19.7 Å². The second kappa shape index (κ2) is 14.4. The van der Waals surface area contributed by atoms with Crippen LogP contribution in [0, 0.1) is 0 Å². The Hall–Kier alpha value is -4.05. The summed E-state index contributed by atoms with van der Waals surface area (Å²) in [7, 11) is 0.945. The first-order valence-electron chi connectivity index (χ1n) is 13.0. The van der Waals surface area contributed by atoms with E-state index in [1.807, 2.05) is 54.6 Å². The van der Waals surface area contributed by atoms with Gasteiger partial charge in [-0.15, -0.1) is 0 Å². The lowest BCUT2D eigenvalue weighted by atomic mass is 10.0. The number of nitrogens with one attached hydrogen (secondary N) is 1. The van der Waals surface area contributed by atoms with Gasteiger partial charge in [-0.3, -0.25) is 13.9 Å². The zero-order valence-electron chi connectivity index (χ0n) is 23.4. The van der Waals surface area contributed by atoms with Crippen molar-refractivity contribution in [3.05, 3.63) is 90.0 Å². The van der Waals surface area contributed by atoms with Crippen molar-refractivity contribution in [1.82, 2.24) is 10.2 Å². The Balaban J connectivity index is 1.87. The van der Waals surface area contributed by atoms with E-state index >= 15 is 0 Å². The van der Waals surface area contributed by atoms with Gasteiger partial charge in [0.1, 0.15) is 17.5 Å². The van der Waals surface area contributed by atoms with Crippen molar-refractivity contribution in [3.8, 4) is 11.5 Å². The number of nitrogens with zero attached hydrogens (tertiary/aromatic N) is 2. The number of likely N-dealkylation sites (N-methyl/N-ethyl adjacent to an activating group) is 1. The monoisotopic (exact) mass is 567 g/mol. The zero-order chi connectivity index (χ0) is 29.1. The Morgan fingerprint density at radius 3 is 2.23 bits per heavy atom.